The lowest BCUT2D eigenvalue weighted by atomic mass is 10.1. The Kier molecular flexibility index (Phi) is 3.80. The summed E-state index contributed by atoms with van der Waals surface area (Å²) in [4.78, 5) is 4.44. The zero-order valence-electron chi connectivity index (χ0n) is 11.2. The number of hydrogen-bond acceptors (Lipinski definition) is 4. The van der Waals surface area contributed by atoms with Crippen molar-refractivity contribution in [2.45, 2.75) is 25.4 Å². The zero-order valence-corrected chi connectivity index (χ0v) is 11.2. The Bertz CT molecular complexity index is 642. The third kappa shape index (κ3) is 2.73. The average molecular weight is 268 g/mol. The molecule has 4 nitrogen and oxygen atoms in total. The molecule has 1 unspecified atom stereocenters. The summed E-state index contributed by atoms with van der Waals surface area (Å²) in [5.74, 6) is 0.495. The summed E-state index contributed by atoms with van der Waals surface area (Å²) in [6.45, 7) is 1.30. The summed E-state index contributed by atoms with van der Waals surface area (Å²) in [5, 5.41) is 10.1. The molecule has 0 spiro atoms. The summed E-state index contributed by atoms with van der Waals surface area (Å²) >= 11 is 0. The van der Waals surface area contributed by atoms with Crippen molar-refractivity contribution in [2.24, 2.45) is 0 Å². The van der Waals surface area contributed by atoms with Gasteiger partial charge in [0.25, 0.3) is 0 Å². The van der Waals surface area contributed by atoms with Crippen LogP contribution in [0.25, 0.3) is 10.9 Å². The van der Waals surface area contributed by atoms with Crippen LogP contribution in [-0.2, 0) is 4.74 Å². The van der Waals surface area contributed by atoms with E-state index in [2.05, 4.69) is 11.1 Å². The fraction of sp³-hybridized carbons (Fsp3) is 0.375. The molecule has 0 aliphatic carbocycles. The molecule has 1 aromatic heterocycles. The second-order valence-electron chi connectivity index (χ2n) is 4.94. The molecule has 2 aromatic rings. The quantitative estimate of drug-likeness (QED) is 0.858. The van der Waals surface area contributed by atoms with Crippen molar-refractivity contribution in [2.75, 3.05) is 13.2 Å². The third-order valence-electron chi connectivity index (χ3n) is 3.50. The Hall–Kier alpha value is -2.12. The highest BCUT2D eigenvalue weighted by molar-refractivity contribution is 5.85. The number of nitrogens with zero attached hydrogens (tertiary/aromatic N) is 2. The van der Waals surface area contributed by atoms with Crippen LogP contribution >= 0.6 is 0 Å². The predicted molar refractivity (Wildman–Crippen MR) is 75.5 cm³/mol. The van der Waals surface area contributed by atoms with Gasteiger partial charge in [0.2, 0.25) is 5.88 Å². The number of rotatable bonds is 3. The first-order valence-corrected chi connectivity index (χ1v) is 6.91. The van der Waals surface area contributed by atoms with Gasteiger partial charge in [0.05, 0.1) is 17.2 Å². The van der Waals surface area contributed by atoms with Gasteiger partial charge in [-0.25, -0.2) is 4.98 Å². The molecule has 0 radical (unpaired) electrons. The Balaban J connectivity index is 1.79. The maximum Gasteiger partial charge on any atom is 0.215 e. The smallest absolute Gasteiger partial charge is 0.215 e. The molecule has 2 heterocycles. The van der Waals surface area contributed by atoms with E-state index in [4.69, 9.17) is 9.47 Å². The number of benzene rings is 1. The lowest BCUT2D eigenvalue weighted by Crippen LogP contribution is -2.26. The van der Waals surface area contributed by atoms with Gasteiger partial charge < -0.3 is 9.47 Å². The molecule has 4 heteroatoms. The van der Waals surface area contributed by atoms with Gasteiger partial charge in [-0.15, -0.1) is 0 Å². The molecule has 0 amide bonds. The predicted octanol–water partition coefficient (Wildman–Crippen LogP) is 3.05. The van der Waals surface area contributed by atoms with E-state index in [1.165, 1.54) is 6.42 Å². The maximum absolute atomic E-state index is 9.22. The summed E-state index contributed by atoms with van der Waals surface area (Å²) in [6, 6.07) is 11.5. The van der Waals surface area contributed by atoms with Crippen molar-refractivity contribution in [3.63, 3.8) is 0 Å². The van der Waals surface area contributed by atoms with Crippen LogP contribution in [0, 0.1) is 11.3 Å². The Labute approximate surface area is 118 Å². The van der Waals surface area contributed by atoms with Crippen LogP contribution in [-0.4, -0.2) is 24.3 Å². The summed E-state index contributed by atoms with van der Waals surface area (Å²) < 4.78 is 11.3. The third-order valence-corrected chi connectivity index (χ3v) is 3.50. The molecule has 0 bridgehead atoms. The standard InChI is InChI=1S/C16H16N2O2/c17-10-12-9-16(18-15-7-2-1-6-14(12)15)20-11-13-5-3-4-8-19-13/h1-2,6-7,9,13H,3-5,8,11H2. The number of fused-ring (bicyclic) bond motifs is 1. The van der Waals surface area contributed by atoms with Crippen molar-refractivity contribution < 1.29 is 9.47 Å². The SMILES string of the molecule is N#Cc1cc(OCC2CCCCO2)nc2ccccc12. The molecule has 1 saturated heterocycles. The van der Waals surface area contributed by atoms with Crippen LogP contribution in [0.4, 0.5) is 0 Å². The first-order chi connectivity index (χ1) is 9.86. The van der Waals surface area contributed by atoms with E-state index in [-0.39, 0.29) is 6.10 Å². The van der Waals surface area contributed by atoms with Gasteiger partial charge in [-0.1, -0.05) is 18.2 Å². The number of para-hydroxylation sites is 1. The monoisotopic (exact) mass is 268 g/mol. The van der Waals surface area contributed by atoms with Crippen molar-refractivity contribution >= 4 is 10.9 Å². The second-order valence-corrected chi connectivity index (χ2v) is 4.94. The lowest BCUT2D eigenvalue weighted by molar-refractivity contribution is -0.0118. The van der Waals surface area contributed by atoms with E-state index in [0.29, 0.717) is 18.1 Å². The van der Waals surface area contributed by atoms with Crippen LogP contribution in [0.5, 0.6) is 5.88 Å². The first-order valence-electron chi connectivity index (χ1n) is 6.91. The van der Waals surface area contributed by atoms with Crippen molar-refractivity contribution in [3.05, 3.63) is 35.9 Å². The van der Waals surface area contributed by atoms with Gasteiger partial charge in [-0.3, -0.25) is 0 Å². The van der Waals surface area contributed by atoms with E-state index < -0.39 is 0 Å². The largest absolute Gasteiger partial charge is 0.475 e. The molecule has 1 atom stereocenters. The van der Waals surface area contributed by atoms with Gasteiger partial charge >= 0.3 is 0 Å². The second kappa shape index (κ2) is 5.89. The number of nitriles is 1. The summed E-state index contributed by atoms with van der Waals surface area (Å²) in [5.41, 5.74) is 1.38. The first kappa shape index (κ1) is 12.9. The van der Waals surface area contributed by atoms with Crippen molar-refractivity contribution in [3.8, 4) is 11.9 Å². The molecule has 1 fully saturated rings. The molecule has 0 saturated carbocycles. The zero-order chi connectivity index (χ0) is 13.8. The molecule has 1 aliphatic heterocycles. The van der Waals surface area contributed by atoms with Crippen LogP contribution in [0.2, 0.25) is 0 Å². The highest BCUT2D eigenvalue weighted by atomic mass is 16.5. The number of pyridine rings is 1. The van der Waals surface area contributed by atoms with Crippen molar-refractivity contribution in [1.29, 1.82) is 5.26 Å². The number of hydrogen-bond donors (Lipinski definition) is 0. The number of ether oxygens (including phenoxy) is 2. The highest BCUT2D eigenvalue weighted by Gasteiger charge is 2.15. The van der Waals surface area contributed by atoms with Crippen LogP contribution in [0.15, 0.2) is 30.3 Å². The summed E-state index contributed by atoms with van der Waals surface area (Å²) in [7, 11) is 0. The minimum atomic E-state index is 0.141. The topological polar surface area (TPSA) is 55.1 Å². The molecular formula is C16H16N2O2. The Morgan fingerprint density at radius 2 is 2.25 bits per heavy atom. The minimum absolute atomic E-state index is 0.141. The molecule has 3 rings (SSSR count). The summed E-state index contributed by atoms with van der Waals surface area (Å²) in [6.07, 6.45) is 3.48. The van der Waals surface area contributed by atoms with E-state index in [1.54, 1.807) is 6.07 Å². The van der Waals surface area contributed by atoms with Crippen LogP contribution < -0.4 is 4.74 Å². The minimum Gasteiger partial charge on any atom is -0.475 e. The van der Waals surface area contributed by atoms with Gasteiger partial charge in [-0.05, 0) is 25.3 Å². The maximum atomic E-state index is 9.22. The normalized spacial score (nSPS) is 18.6. The van der Waals surface area contributed by atoms with Gasteiger partial charge in [0.15, 0.2) is 0 Å². The Morgan fingerprint density at radius 1 is 1.35 bits per heavy atom. The molecule has 102 valence electrons. The molecule has 20 heavy (non-hydrogen) atoms. The van der Waals surface area contributed by atoms with Crippen LogP contribution in [0.1, 0.15) is 24.8 Å². The Morgan fingerprint density at radius 3 is 3.05 bits per heavy atom. The highest BCUT2D eigenvalue weighted by Crippen LogP contribution is 2.22. The fourth-order valence-electron chi connectivity index (χ4n) is 2.43. The average Bonchev–Trinajstić information content (AvgIpc) is 2.53. The van der Waals surface area contributed by atoms with E-state index in [9.17, 15) is 5.26 Å². The van der Waals surface area contributed by atoms with Gasteiger partial charge in [0, 0.05) is 18.1 Å². The van der Waals surface area contributed by atoms with Crippen LogP contribution in [0.3, 0.4) is 0 Å². The molecular weight excluding hydrogens is 252 g/mol. The van der Waals surface area contributed by atoms with Gasteiger partial charge in [0.1, 0.15) is 12.7 Å². The lowest BCUT2D eigenvalue weighted by Gasteiger charge is -2.22. The van der Waals surface area contributed by atoms with E-state index in [0.717, 1.165) is 30.4 Å². The van der Waals surface area contributed by atoms with E-state index in [1.807, 2.05) is 24.3 Å². The molecule has 0 N–H and O–H groups in total. The molecule has 1 aromatic carbocycles. The fourth-order valence-corrected chi connectivity index (χ4v) is 2.43. The van der Waals surface area contributed by atoms with E-state index >= 15 is 0 Å². The van der Waals surface area contributed by atoms with Gasteiger partial charge in [-0.2, -0.15) is 5.26 Å². The molecule has 1 aliphatic rings. The van der Waals surface area contributed by atoms with Crippen molar-refractivity contribution in [1.82, 2.24) is 4.98 Å². The number of aromatic nitrogens is 1.